The number of nitrogens with zero attached hydrogens (tertiary/aromatic N) is 2. The number of halogens is 3. The Labute approximate surface area is 309 Å². The number of carboxylic acids is 1. The minimum Gasteiger partial charge on any atom is -0.542 e. The largest absolute Gasteiger partial charge is 0.542 e. The second-order valence-electron chi connectivity index (χ2n) is 13.8. The normalized spacial score (nSPS) is 12.8. The molecular formula is C38H48F3N4O7P. The molecule has 2 N–H and O–H groups in total. The molecule has 288 valence electrons. The summed E-state index contributed by atoms with van der Waals surface area (Å²) in [6.45, 7) is 10.7. The van der Waals surface area contributed by atoms with E-state index in [9.17, 15) is 27.6 Å². The Morgan fingerprint density at radius 2 is 1.17 bits per heavy atom. The quantitative estimate of drug-likeness (QED) is 0.174. The van der Waals surface area contributed by atoms with Gasteiger partial charge in [-0.2, -0.15) is 18.2 Å². The Bertz CT molecular complexity index is 1580. The first-order valence-electron chi connectivity index (χ1n) is 16.7. The fourth-order valence-corrected chi connectivity index (χ4v) is 9.42. The summed E-state index contributed by atoms with van der Waals surface area (Å²) in [4.78, 5) is 53.6. The van der Waals surface area contributed by atoms with Gasteiger partial charge in [-0.25, -0.2) is 9.59 Å². The van der Waals surface area contributed by atoms with Crippen molar-refractivity contribution in [1.82, 2.24) is 15.5 Å². The first kappa shape index (κ1) is 44.4. The number of carbonyl (C=O) groups excluding carboxylic acids is 4. The van der Waals surface area contributed by atoms with Gasteiger partial charge in [0, 0.05) is 13.6 Å². The maximum absolute atomic E-state index is 13.9. The molecule has 53 heavy (non-hydrogen) atoms. The maximum Gasteiger partial charge on any atom is 0.435 e. The lowest BCUT2D eigenvalue weighted by Gasteiger charge is -2.29. The molecule has 0 aliphatic heterocycles. The first-order chi connectivity index (χ1) is 24.6. The van der Waals surface area contributed by atoms with Crippen molar-refractivity contribution in [2.45, 2.75) is 71.4 Å². The highest BCUT2D eigenvalue weighted by Gasteiger charge is 2.45. The summed E-state index contributed by atoms with van der Waals surface area (Å²) in [5, 5.41) is 18.0. The van der Waals surface area contributed by atoms with E-state index >= 15 is 0 Å². The molecule has 1 unspecified atom stereocenters. The highest BCUT2D eigenvalue weighted by molar-refractivity contribution is 7.95. The molecule has 0 radical (unpaired) electrons. The Kier molecular flexibility index (Phi) is 16.2. The highest BCUT2D eigenvalue weighted by Crippen LogP contribution is 2.55. The molecule has 0 aliphatic carbocycles. The number of aliphatic imine (C=N–C) groups is 1. The van der Waals surface area contributed by atoms with Gasteiger partial charge in [-0.3, -0.25) is 10.1 Å². The third-order valence-electron chi connectivity index (χ3n) is 7.23. The second-order valence-corrected chi connectivity index (χ2v) is 17.4. The van der Waals surface area contributed by atoms with Crippen LogP contribution in [0, 0.1) is 0 Å². The van der Waals surface area contributed by atoms with E-state index in [0.717, 1.165) is 6.16 Å². The van der Waals surface area contributed by atoms with E-state index in [4.69, 9.17) is 19.4 Å². The lowest BCUT2D eigenvalue weighted by atomic mass is 10.2. The van der Waals surface area contributed by atoms with E-state index in [1.807, 2.05) is 18.2 Å². The number of hydrogen-bond donors (Lipinski definition) is 2. The number of alkyl halides is 3. The maximum atomic E-state index is 13.9. The first-order valence-corrected chi connectivity index (χ1v) is 18.6. The van der Waals surface area contributed by atoms with E-state index in [2.05, 4.69) is 88.4 Å². The Balaban J connectivity index is 0.00000126. The van der Waals surface area contributed by atoms with E-state index < -0.39 is 48.8 Å². The summed E-state index contributed by atoms with van der Waals surface area (Å²) in [7, 11) is 1.19. The van der Waals surface area contributed by atoms with Gasteiger partial charge in [0.05, 0.1) is 6.16 Å². The zero-order chi connectivity index (χ0) is 40.0. The van der Waals surface area contributed by atoms with Crippen molar-refractivity contribution in [2.75, 3.05) is 26.8 Å². The van der Waals surface area contributed by atoms with Crippen molar-refractivity contribution >= 4 is 53.1 Å². The van der Waals surface area contributed by atoms with Gasteiger partial charge in [0.1, 0.15) is 52.2 Å². The fourth-order valence-electron chi connectivity index (χ4n) is 5.09. The summed E-state index contributed by atoms with van der Waals surface area (Å²) in [5.41, 5.74) is -1.62. The summed E-state index contributed by atoms with van der Waals surface area (Å²) in [5.74, 6) is -3.58. The molecule has 11 nitrogen and oxygen atoms in total. The summed E-state index contributed by atoms with van der Waals surface area (Å²) < 4.78 is 42.3. The smallest absolute Gasteiger partial charge is 0.435 e. The van der Waals surface area contributed by atoms with Gasteiger partial charge >= 0.3 is 18.4 Å². The number of hydrogen-bond acceptors (Lipinski definition) is 8. The van der Waals surface area contributed by atoms with Crippen molar-refractivity contribution in [3.05, 3.63) is 91.0 Å². The molecule has 3 aromatic carbocycles. The fraction of sp³-hybridized carbons (Fsp3) is 0.395. The van der Waals surface area contributed by atoms with Gasteiger partial charge in [-0.1, -0.05) is 54.6 Å². The number of carbonyl (C=O) groups is 4. The summed E-state index contributed by atoms with van der Waals surface area (Å²) in [6.07, 6.45) is -5.45. The molecule has 3 rings (SSSR count). The van der Waals surface area contributed by atoms with Crippen molar-refractivity contribution < 1.29 is 46.9 Å². The predicted molar refractivity (Wildman–Crippen MR) is 199 cm³/mol. The number of carboxylic acid groups (broad SMARTS) is 1. The third-order valence-corrected chi connectivity index (χ3v) is 11.8. The second kappa shape index (κ2) is 19.3. The Hall–Kier alpha value is -4.81. The lowest BCUT2D eigenvalue weighted by Crippen LogP contribution is -2.55. The van der Waals surface area contributed by atoms with Gasteiger partial charge in [0.25, 0.3) is 0 Å². The monoisotopic (exact) mass is 760 g/mol. The molecule has 0 fully saturated rings. The van der Waals surface area contributed by atoms with Gasteiger partial charge in [-0.05, 0) is 91.4 Å². The molecule has 15 heteroatoms. The zero-order valence-corrected chi connectivity index (χ0v) is 32.1. The average molecular weight is 761 g/mol. The van der Waals surface area contributed by atoms with Crippen LogP contribution in [0.3, 0.4) is 0 Å². The number of amides is 3. The molecule has 0 aliphatic rings. The van der Waals surface area contributed by atoms with Crippen LogP contribution in [0.4, 0.5) is 22.8 Å². The Morgan fingerprint density at radius 3 is 1.51 bits per heavy atom. The van der Waals surface area contributed by atoms with Crippen LogP contribution in [0.5, 0.6) is 0 Å². The Morgan fingerprint density at radius 1 is 0.774 bits per heavy atom. The molecule has 3 amide bonds. The zero-order valence-electron chi connectivity index (χ0n) is 31.2. The van der Waals surface area contributed by atoms with Crippen LogP contribution in [0.1, 0.15) is 48.0 Å². The van der Waals surface area contributed by atoms with E-state index in [0.29, 0.717) is 13.0 Å². The van der Waals surface area contributed by atoms with Gasteiger partial charge in [0.15, 0.2) is 0 Å². The molecule has 1 atom stereocenters. The van der Waals surface area contributed by atoms with E-state index in [1.165, 1.54) is 15.9 Å². The number of benzene rings is 3. The predicted octanol–water partition coefficient (Wildman–Crippen LogP) is 4.57. The minimum atomic E-state index is -5.19. The topological polar surface area (TPSA) is 149 Å². The third kappa shape index (κ3) is 14.3. The van der Waals surface area contributed by atoms with Gasteiger partial charge in [-0.15, -0.1) is 0 Å². The number of rotatable bonds is 10. The summed E-state index contributed by atoms with van der Waals surface area (Å²) in [6, 6.07) is 30.6. The average Bonchev–Trinajstić information content (AvgIpc) is 3.06. The van der Waals surface area contributed by atoms with Crippen LogP contribution >= 0.6 is 7.26 Å². The molecule has 0 aromatic heterocycles. The molecule has 0 saturated heterocycles. The number of likely N-dealkylation sites (N-methyl/N-ethyl adjacent to an activating group) is 2. The lowest BCUT2D eigenvalue weighted by molar-refractivity contribution is -0.344. The van der Waals surface area contributed by atoms with Crippen LogP contribution in [0.25, 0.3) is 0 Å². The van der Waals surface area contributed by atoms with Crippen LogP contribution in [-0.4, -0.2) is 85.0 Å². The van der Waals surface area contributed by atoms with Crippen molar-refractivity contribution in [2.24, 2.45) is 4.99 Å². The number of alkyl carbamates (subject to hydrolysis) is 1. The number of nitrogens with one attached hydrogen (secondary N) is 2. The van der Waals surface area contributed by atoms with Crippen molar-refractivity contribution in [1.29, 1.82) is 0 Å². The van der Waals surface area contributed by atoms with Crippen LogP contribution in [-0.2, 0) is 19.1 Å². The minimum absolute atomic E-state index is 0.206. The molecule has 0 spiro atoms. The molecular weight excluding hydrogens is 712 g/mol. The van der Waals surface area contributed by atoms with Crippen molar-refractivity contribution in [3.8, 4) is 0 Å². The molecule has 3 aromatic rings. The number of amidine groups is 1. The molecule has 0 bridgehead atoms. The van der Waals surface area contributed by atoms with Gasteiger partial charge < -0.3 is 29.6 Å². The van der Waals surface area contributed by atoms with Gasteiger partial charge in [0.2, 0.25) is 5.91 Å². The van der Waals surface area contributed by atoms with Crippen LogP contribution in [0.15, 0.2) is 96.0 Å². The molecule has 0 saturated carbocycles. The van der Waals surface area contributed by atoms with E-state index in [-0.39, 0.29) is 11.7 Å². The van der Waals surface area contributed by atoms with Crippen LogP contribution in [0.2, 0.25) is 0 Å². The molecule has 0 heterocycles. The number of aliphatic carboxylic acids is 1. The highest BCUT2D eigenvalue weighted by atomic mass is 31.2. The summed E-state index contributed by atoms with van der Waals surface area (Å²) >= 11 is 0. The van der Waals surface area contributed by atoms with E-state index in [1.54, 1.807) is 60.5 Å². The SMILES string of the molecule is CNC(C(=O)N(C)CCC[P+](c1ccccc1)(c1ccccc1)c1ccccc1)C(=NC(=O)OC(C)(C)C)NC(=O)OC(C)(C)C.O=C([O-])C(F)(F)F. The van der Waals surface area contributed by atoms with Crippen LogP contribution < -0.4 is 31.7 Å². The van der Waals surface area contributed by atoms with Crippen molar-refractivity contribution in [3.63, 3.8) is 0 Å². The number of ether oxygens (including phenoxy) is 2. The standard InChI is InChI=1S/C36H47N4O5P.C2HF3O2/c1-35(2,3)44-33(42)38-31(39-34(43)45-36(4,5)6)30(37-7)32(41)40(8)25-18-26-46(27-19-12-9-13-20-27,28-21-14-10-15-22-28)29-23-16-11-17-24-29;3-2(4,5)1(6)7/h9-17,19-24,30,37H,18,25-26H2,1-8H3;(H,6,7).